The van der Waals surface area contributed by atoms with Gasteiger partial charge in [0.25, 0.3) is 0 Å². The van der Waals surface area contributed by atoms with E-state index in [1.54, 1.807) is 0 Å². The third-order valence-electron chi connectivity index (χ3n) is 4.72. The molecule has 1 aliphatic rings. The SMILES string of the molecule is CCC/C=C/CCCCCCCCCc1ccc(OCC2CO2)cc1. The predicted octanol–water partition coefficient (Wildman–Crippen LogP) is 6.48. The van der Waals surface area contributed by atoms with E-state index >= 15 is 0 Å². The molecular weight excluding hydrogens is 308 g/mol. The Morgan fingerprint density at radius 2 is 1.56 bits per heavy atom. The zero-order chi connectivity index (χ0) is 17.6. The van der Waals surface area contributed by atoms with E-state index in [1.807, 2.05) is 0 Å². The second kappa shape index (κ2) is 13.0. The molecule has 0 N–H and O–H groups in total. The molecule has 0 aliphatic carbocycles. The molecule has 1 aromatic carbocycles. The highest BCUT2D eigenvalue weighted by atomic mass is 16.6. The minimum absolute atomic E-state index is 0.331. The lowest BCUT2D eigenvalue weighted by molar-refractivity contribution is 0.263. The molecule has 0 spiro atoms. The van der Waals surface area contributed by atoms with Crippen LogP contribution in [0, 0.1) is 0 Å². The number of unbranched alkanes of at least 4 members (excludes halogenated alkanes) is 8. The lowest BCUT2D eigenvalue weighted by Gasteiger charge is -2.06. The summed E-state index contributed by atoms with van der Waals surface area (Å²) >= 11 is 0. The van der Waals surface area contributed by atoms with Gasteiger partial charge in [-0.3, -0.25) is 0 Å². The van der Waals surface area contributed by atoms with Gasteiger partial charge in [0.1, 0.15) is 18.5 Å². The van der Waals surface area contributed by atoms with Gasteiger partial charge in [-0.1, -0.05) is 69.7 Å². The van der Waals surface area contributed by atoms with Gasteiger partial charge in [-0.05, 0) is 49.8 Å². The quantitative estimate of drug-likeness (QED) is 0.206. The van der Waals surface area contributed by atoms with E-state index in [9.17, 15) is 0 Å². The van der Waals surface area contributed by atoms with Crippen LogP contribution in [0.1, 0.15) is 76.7 Å². The zero-order valence-corrected chi connectivity index (χ0v) is 16.1. The average Bonchev–Trinajstić information content (AvgIpc) is 3.46. The number of aryl methyl sites for hydroxylation is 1. The first-order valence-corrected chi connectivity index (χ1v) is 10.4. The highest BCUT2D eigenvalue weighted by molar-refractivity contribution is 5.27. The molecule has 1 aliphatic heterocycles. The predicted molar refractivity (Wildman–Crippen MR) is 106 cm³/mol. The Morgan fingerprint density at radius 3 is 2.24 bits per heavy atom. The van der Waals surface area contributed by atoms with Crippen molar-refractivity contribution in [2.45, 2.75) is 83.7 Å². The van der Waals surface area contributed by atoms with Crippen LogP contribution in [0.25, 0.3) is 0 Å². The van der Waals surface area contributed by atoms with Crippen molar-refractivity contribution in [3.8, 4) is 5.75 Å². The summed E-state index contributed by atoms with van der Waals surface area (Å²) in [5.41, 5.74) is 1.42. The monoisotopic (exact) mass is 344 g/mol. The molecule has 0 aromatic heterocycles. The maximum absolute atomic E-state index is 5.67. The first-order valence-electron chi connectivity index (χ1n) is 10.4. The third kappa shape index (κ3) is 10.3. The number of epoxide rings is 1. The van der Waals surface area contributed by atoms with E-state index in [-0.39, 0.29) is 0 Å². The van der Waals surface area contributed by atoms with Crippen LogP contribution >= 0.6 is 0 Å². The summed E-state index contributed by atoms with van der Waals surface area (Å²) in [6.07, 6.45) is 19.6. The summed E-state index contributed by atoms with van der Waals surface area (Å²) in [6, 6.07) is 8.59. The van der Waals surface area contributed by atoms with Crippen LogP contribution in [-0.4, -0.2) is 19.3 Å². The fraction of sp³-hybridized carbons (Fsp3) is 0.652. The lowest BCUT2D eigenvalue weighted by atomic mass is 10.0. The van der Waals surface area contributed by atoms with Gasteiger partial charge in [-0.25, -0.2) is 0 Å². The molecule has 1 aromatic rings. The molecule has 1 fully saturated rings. The fourth-order valence-electron chi connectivity index (χ4n) is 2.98. The van der Waals surface area contributed by atoms with E-state index in [1.165, 1.54) is 76.2 Å². The number of hydrogen-bond donors (Lipinski definition) is 0. The Hall–Kier alpha value is -1.28. The van der Waals surface area contributed by atoms with Crippen LogP contribution in [0.2, 0.25) is 0 Å². The van der Waals surface area contributed by atoms with E-state index < -0.39 is 0 Å². The van der Waals surface area contributed by atoms with Crippen molar-refractivity contribution >= 4 is 0 Å². The molecule has 2 heteroatoms. The van der Waals surface area contributed by atoms with E-state index in [4.69, 9.17) is 9.47 Å². The van der Waals surface area contributed by atoms with Crippen molar-refractivity contribution in [2.24, 2.45) is 0 Å². The Morgan fingerprint density at radius 1 is 0.920 bits per heavy atom. The summed E-state index contributed by atoms with van der Waals surface area (Å²) in [7, 11) is 0. The fourth-order valence-corrected chi connectivity index (χ4v) is 2.98. The van der Waals surface area contributed by atoms with Gasteiger partial charge in [0.15, 0.2) is 0 Å². The maximum Gasteiger partial charge on any atom is 0.119 e. The molecule has 1 unspecified atom stereocenters. The number of allylic oxidation sites excluding steroid dienone is 2. The van der Waals surface area contributed by atoms with Crippen molar-refractivity contribution in [3.63, 3.8) is 0 Å². The second-order valence-electron chi connectivity index (χ2n) is 7.18. The van der Waals surface area contributed by atoms with Crippen LogP contribution in [0.5, 0.6) is 5.75 Å². The molecule has 0 bridgehead atoms. The van der Waals surface area contributed by atoms with Gasteiger partial charge < -0.3 is 9.47 Å². The van der Waals surface area contributed by atoms with Crippen LogP contribution in [0.15, 0.2) is 36.4 Å². The Labute approximate surface area is 154 Å². The maximum atomic E-state index is 5.67. The van der Waals surface area contributed by atoms with E-state index in [0.717, 1.165) is 12.4 Å². The molecule has 2 rings (SSSR count). The van der Waals surface area contributed by atoms with E-state index in [0.29, 0.717) is 12.7 Å². The topological polar surface area (TPSA) is 21.8 Å². The molecule has 1 heterocycles. The van der Waals surface area contributed by atoms with Crippen LogP contribution in [-0.2, 0) is 11.2 Å². The van der Waals surface area contributed by atoms with Crippen LogP contribution in [0.4, 0.5) is 0 Å². The van der Waals surface area contributed by atoms with E-state index in [2.05, 4.69) is 43.3 Å². The number of benzene rings is 1. The number of hydrogen-bond acceptors (Lipinski definition) is 2. The molecule has 0 radical (unpaired) electrons. The first-order chi connectivity index (χ1) is 12.4. The molecule has 25 heavy (non-hydrogen) atoms. The Balaban J connectivity index is 1.39. The van der Waals surface area contributed by atoms with Crippen molar-refractivity contribution in [2.75, 3.05) is 13.2 Å². The van der Waals surface area contributed by atoms with Crippen molar-refractivity contribution in [1.82, 2.24) is 0 Å². The standard InChI is InChI=1S/C23H36O2/c1-2-3-4-5-6-7-8-9-10-11-12-13-14-21-15-17-22(18-16-21)24-19-23-20-25-23/h4-5,15-18,23H,2-3,6-14,19-20H2,1H3/b5-4+. The molecular formula is C23H36O2. The largest absolute Gasteiger partial charge is 0.491 e. The zero-order valence-electron chi connectivity index (χ0n) is 16.1. The summed E-state index contributed by atoms with van der Waals surface area (Å²) < 4.78 is 10.8. The lowest BCUT2D eigenvalue weighted by Crippen LogP contribution is -2.03. The minimum Gasteiger partial charge on any atom is -0.491 e. The number of rotatable bonds is 15. The molecule has 1 saturated heterocycles. The van der Waals surface area contributed by atoms with Crippen LogP contribution in [0.3, 0.4) is 0 Å². The molecule has 0 amide bonds. The molecule has 140 valence electrons. The van der Waals surface area contributed by atoms with Gasteiger partial charge in [0.05, 0.1) is 6.61 Å². The van der Waals surface area contributed by atoms with Crippen molar-refractivity contribution < 1.29 is 9.47 Å². The first kappa shape index (κ1) is 20.0. The van der Waals surface area contributed by atoms with Crippen LogP contribution < -0.4 is 4.74 Å². The smallest absolute Gasteiger partial charge is 0.119 e. The van der Waals surface area contributed by atoms with Crippen molar-refractivity contribution in [1.29, 1.82) is 0 Å². The summed E-state index contributed by atoms with van der Waals surface area (Å²) in [4.78, 5) is 0. The Bertz CT molecular complexity index is 459. The molecule has 0 saturated carbocycles. The van der Waals surface area contributed by atoms with Gasteiger partial charge in [-0.2, -0.15) is 0 Å². The molecule has 1 atom stereocenters. The normalized spacial score (nSPS) is 16.4. The highest BCUT2D eigenvalue weighted by Crippen LogP contribution is 2.17. The third-order valence-corrected chi connectivity index (χ3v) is 4.72. The summed E-state index contributed by atoms with van der Waals surface area (Å²) in [5, 5.41) is 0. The molecule has 2 nitrogen and oxygen atoms in total. The average molecular weight is 345 g/mol. The van der Waals surface area contributed by atoms with Crippen molar-refractivity contribution in [3.05, 3.63) is 42.0 Å². The number of ether oxygens (including phenoxy) is 2. The summed E-state index contributed by atoms with van der Waals surface area (Å²) in [6.45, 7) is 3.78. The van der Waals surface area contributed by atoms with Gasteiger partial charge in [0.2, 0.25) is 0 Å². The summed E-state index contributed by atoms with van der Waals surface area (Å²) in [5.74, 6) is 0.962. The second-order valence-corrected chi connectivity index (χ2v) is 7.18. The minimum atomic E-state index is 0.331. The van der Waals surface area contributed by atoms with Gasteiger partial charge >= 0.3 is 0 Å². The Kier molecular flexibility index (Phi) is 10.4. The highest BCUT2D eigenvalue weighted by Gasteiger charge is 2.22. The van der Waals surface area contributed by atoms with Gasteiger partial charge in [0, 0.05) is 0 Å². The van der Waals surface area contributed by atoms with Gasteiger partial charge in [-0.15, -0.1) is 0 Å².